The molecule has 0 saturated heterocycles. The van der Waals surface area contributed by atoms with E-state index in [-0.39, 0.29) is 26.6 Å². The number of rotatable bonds is 52. The highest BCUT2D eigenvalue weighted by atomic mass is 16.7. The Balaban J connectivity index is 4.89. The molecular weight excluding hydrogens is 905 g/mol. The number of esters is 2. The minimum atomic E-state index is -2.14. The SMILES string of the molecule is CC(C)CCCC(C)CCCC(C)CCCC(C)CCOCOCC(O)(CC(=O)OCCC(C)CCCC(C)CCCC(C)CCCC(C)C)C(=O)OCCC(C)CCCC(C)CCCC(C)CCCC(C)C. The summed E-state index contributed by atoms with van der Waals surface area (Å²) in [5.41, 5.74) is -2.14. The summed E-state index contributed by atoms with van der Waals surface area (Å²) in [5, 5.41) is 11.7. The second kappa shape index (κ2) is 45.8. The standard InChI is InChI=1S/C66H130O7/c1-52(2)25-16-28-55(7)31-19-34-58(10)37-22-40-61(13)43-46-70-51-71-50-66(69,65(68)73-48-45-63(15)42-24-39-60(12)36-21-33-57(9)30-18-27-54(5)6)49-64(67)72-47-44-62(14)41-23-38-59(11)35-20-32-56(8)29-17-26-53(3)4/h52-63,69H,16-51H2,1-15H3. The molecule has 10 atom stereocenters. The molecule has 73 heavy (non-hydrogen) atoms. The molecule has 0 aromatic rings. The smallest absolute Gasteiger partial charge is 0.341 e. The molecule has 0 fully saturated rings. The molecule has 0 aliphatic carbocycles. The Labute approximate surface area is 456 Å². The van der Waals surface area contributed by atoms with Crippen molar-refractivity contribution in [2.24, 2.45) is 71.0 Å². The van der Waals surface area contributed by atoms with Crippen LogP contribution in [-0.4, -0.2) is 55.9 Å². The average Bonchev–Trinajstić information content (AvgIpc) is 3.29. The van der Waals surface area contributed by atoms with Crippen LogP contribution in [0.25, 0.3) is 0 Å². The van der Waals surface area contributed by atoms with Crippen molar-refractivity contribution >= 4 is 11.9 Å². The lowest BCUT2D eigenvalue weighted by molar-refractivity contribution is -0.185. The highest BCUT2D eigenvalue weighted by Gasteiger charge is 2.41. The summed E-state index contributed by atoms with van der Waals surface area (Å²) >= 11 is 0. The van der Waals surface area contributed by atoms with E-state index < -0.39 is 24.0 Å². The molecule has 0 bridgehead atoms. The Bertz CT molecular complexity index is 1250. The van der Waals surface area contributed by atoms with Crippen molar-refractivity contribution in [3.05, 3.63) is 0 Å². The van der Waals surface area contributed by atoms with E-state index in [0.717, 1.165) is 85.4 Å². The van der Waals surface area contributed by atoms with Gasteiger partial charge in [0, 0.05) is 6.61 Å². The first-order valence-electron chi connectivity index (χ1n) is 31.8. The molecule has 0 aromatic heterocycles. The summed E-state index contributed by atoms with van der Waals surface area (Å²) in [7, 11) is 0. The summed E-state index contributed by atoms with van der Waals surface area (Å²) in [6.07, 6.45) is 36.7. The van der Waals surface area contributed by atoms with E-state index >= 15 is 0 Å². The van der Waals surface area contributed by atoms with Crippen LogP contribution in [0.1, 0.15) is 303 Å². The van der Waals surface area contributed by atoms with Crippen LogP contribution < -0.4 is 0 Å². The summed E-state index contributed by atoms with van der Waals surface area (Å²) in [6.45, 7) is 35.6. The van der Waals surface area contributed by atoms with Gasteiger partial charge >= 0.3 is 11.9 Å². The summed E-state index contributed by atoms with van der Waals surface area (Å²) < 4.78 is 22.9. The Kier molecular flexibility index (Phi) is 45.1. The lowest BCUT2D eigenvalue weighted by Gasteiger charge is -2.25. The first-order chi connectivity index (χ1) is 34.6. The van der Waals surface area contributed by atoms with Crippen LogP contribution >= 0.6 is 0 Å². The maximum atomic E-state index is 13.5. The van der Waals surface area contributed by atoms with Crippen LogP contribution in [0.5, 0.6) is 0 Å². The zero-order chi connectivity index (χ0) is 54.9. The van der Waals surface area contributed by atoms with Gasteiger partial charge in [0.05, 0.1) is 26.2 Å². The topological polar surface area (TPSA) is 91.3 Å². The van der Waals surface area contributed by atoms with Crippen LogP contribution in [0, 0.1) is 71.0 Å². The average molecular weight is 1040 g/mol. The van der Waals surface area contributed by atoms with Crippen LogP contribution in [-0.2, 0) is 28.5 Å². The zero-order valence-electron chi connectivity index (χ0n) is 51.8. The fraction of sp³-hybridized carbons (Fsp3) is 0.970. The first kappa shape index (κ1) is 71.8. The predicted octanol–water partition coefficient (Wildman–Crippen LogP) is 19.6. The van der Waals surface area contributed by atoms with Gasteiger partial charge in [0.25, 0.3) is 0 Å². The van der Waals surface area contributed by atoms with E-state index in [0.29, 0.717) is 30.8 Å². The summed E-state index contributed by atoms with van der Waals surface area (Å²) in [4.78, 5) is 26.7. The summed E-state index contributed by atoms with van der Waals surface area (Å²) in [6, 6.07) is 0. The van der Waals surface area contributed by atoms with Crippen molar-refractivity contribution in [3.8, 4) is 0 Å². The summed E-state index contributed by atoms with van der Waals surface area (Å²) in [5.74, 6) is 7.07. The second-order valence-corrected chi connectivity index (χ2v) is 26.8. The molecule has 0 amide bonds. The molecule has 0 heterocycles. The maximum Gasteiger partial charge on any atom is 0.341 e. The molecule has 0 aliphatic heterocycles. The predicted molar refractivity (Wildman–Crippen MR) is 314 cm³/mol. The number of hydrogen-bond donors (Lipinski definition) is 1. The van der Waals surface area contributed by atoms with Gasteiger partial charge in [0.1, 0.15) is 6.79 Å². The molecule has 436 valence electrons. The minimum absolute atomic E-state index is 0.0647. The monoisotopic (exact) mass is 1030 g/mol. The third kappa shape index (κ3) is 45.5. The Morgan fingerprint density at radius 1 is 0.329 bits per heavy atom. The van der Waals surface area contributed by atoms with Gasteiger partial charge in [0.15, 0.2) is 5.60 Å². The highest BCUT2D eigenvalue weighted by Crippen LogP contribution is 2.27. The number of carbonyl (C=O) groups is 2. The van der Waals surface area contributed by atoms with Crippen LogP contribution in [0.2, 0.25) is 0 Å². The third-order valence-corrected chi connectivity index (χ3v) is 16.6. The van der Waals surface area contributed by atoms with Crippen molar-refractivity contribution in [2.45, 2.75) is 309 Å². The number of ether oxygens (including phenoxy) is 4. The first-order valence-corrected chi connectivity index (χ1v) is 31.8. The normalized spacial score (nSPS) is 16.8. The van der Waals surface area contributed by atoms with Crippen molar-refractivity contribution < 1.29 is 33.6 Å². The van der Waals surface area contributed by atoms with Gasteiger partial charge in [-0.1, -0.05) is 277 Å². The van der Waals surface area contributed by atoms with Gasteiger partial charge in [-0.05, 0) is 90.3 Å². The fourth-order valence-corrected chi connectivity index (χ4v) is 10.8. The van der Waals surface area contributed by atoms with E-state index in [1.807, 2.05) is 0 Å². The second-order valence-electron chi connectivity index (χ2n) is 26.8. The lowest BCUT2D eigenvalue weighted by Crippen LogP contribution is -2.47. The van der Waals surface area contributed by atoms with Crippen LogP contribution in [0.4, 0.5) is 0 Å². The van der Waals surface area contributed by atoms with Gasteiger partial charge in [-0.25, -0.2) is 4.79 Å². The maximum absolute atomic E-state index is 13.5. The number of aliphatic hydroxyl groups is 1. The van der Waals surface area contributed by atoms with Crippen molar-refractivity contribution in [3.63, 3.8) is 0 Å². The van der Waals surface area contributed by atoms with Crippen molar-refractivity contribution in [1.82, 2.24) is 0 Å². The lowest BCUT2D eigenvalue weighted by atomic mass is 9.91. The van der Waals surface area contributed by atoms with Gasteiger partial charge in [-0.2, -0.15) is 0 Å². The molecule has 0 aliphatic rings. The molecule has 7 heteroatoms. The Morgan fingerprint density at radius 2 is 0.575 bits per heavy atom. The molecule has 0 aromatic carbocycles. The largest absolute Gasteiger partial charge is 0.466 e. The quantitative estimate of drug-likeness (QED) is 0.0369. The van der Waals surface area contributed by atoms with Gasteiger partial charge in [-0.3, -0.25) is 4.79 Å². The van der Waals surface area contributed by atoms with E-state index in [1.165, 1.54) is 154 Å². The third-order valence-electron chi connectivity index (χ3n) is 16.6. The molecule has 0 rings (SSSR count). The van der Waals surface area contributed by atoms with Gasteiger partial charge < -0.3 is 24.1 Å². The van der Waals surface area contributed by atoms with Gasteiger partial charge in [0.2, 0.25) is 0 Å². The van der Waals surface area contributed by atoms with Gasteiger partial charge in [-0.15, -0.1) is 0 Å². The Morgan fingerprint density at radius 3 is 0.863 bits per heavy atom. The van der Waals surface area contributed by atoms with Crippen LogP contribution in [0.3, 0.4) is 0 Å². The zero-order valence-corrected chi connectivity index (χ0v) is 51.8. The van der Waals surface area contributed by atoms with Crippen molar-refractivity contribution in [1.29, 1.82) is 0 Å². The fourth-order valence-electron chi connectivity index (χ4n) is 10.8. The van der Waals surface area contributed by atoms with E-state index in [2.05, 4.69) is 104 Å². The molecule has 10 unspecified atom stereocenters. The molecule has 0 spiro atoms. The Hall–Kier alpha value is -1.18. The highest BCUT2D eigenvalue weighted by molar-refractivity contribution is 5.85. The van der Waals surface area contributed by atoms with Crippen LogP contribution in [0.15, 0.2) is 0 Å². The molecule has 7 nitrogen and oxygen atoms in total. The van der Waals surface area contributed by atoms with E-state index in [1.54, 1.807) is 0 Å². The minimum Gasteiger partial charge on any atom is -0.466 e. The number of carbonyl (C=O) groups excluding carboxylic acids is 2. The molecule has 1 N–H and O–H groups in total. The molecule has 0 radical (unpaired) electrons. The van der Waals surface area contributed by atoms with E-state index in [9.17, 15) is 14.7 Å². The molecular formula is C66H130O7. The molecule has 0 saturated carbocycles. The van der Waals surface area contributed by atoms with E-state index in [4.69, 9.17) is 18.9 Å². The van der Waals surface area contributed by atoms with Crippen molar-refractivity contribution in [2.75, 3.05) is 33.2 Å². The number of hydrogen-bond acceptors (Lipinski definition) is 7.